The zero-order valence-electron chi connectivity index (χ0n) is 38.6. The lowest BCUT2D eigenvalue weighted by Crippen LogP contribution is -2.52. The Balaban J connectivity index is 1.54. The van der Waals surface area contributed by atoms with Crippen LogP contribution in [-0.4, -0.2) is 84.9 Å². The van der Waals surface area contributed by atoms with Crippen molar-refractivity contribution in [1.29, 1.82) is 0 Å². The predicted octanol–water partition coefficient (Wildman–Crippen LogP) is 8.06. The molecule has 0 saturated carbocycles. The summed E-state index contributed by atoms with van der Waals surface area (Å²) in [6.07, 6.45) is 16.5. The van der Waals surface area contributed by atoms with Crippen LogP contribution in [0.1, 0.15) is 148 Å². The van der Waals surface area contributed by atoms with E-state index >= 15 is 26.3 Å². The van der Waals surface area contributed by atoms with Crippen molar-refractivity contribution in [2.45, 2.75) is 174 Å². The van der Waals surface area contributed by atoms with Crippen molar-refractivity contribution in [3.05, 3.63) is 42.8 Å². The van der Waals surface area contributed by atoms with Gasteiger partial charge in [-0.15, -0.1) is 22.7 Å². The second kappa shape index (κ2) is 26.2. The maximum absolute atomic E-state index is 15.7. The molecule has 1 aliphatic rings. The summed E-state index contributed by atoms with van der Waals surface area (Å²) >= 11 is 1.47. The van der Waals surface area contributed by atoms with E-state index in [0.29, 0.717) is 27.5 Å². The van der Waals surface area contributed by atoms with Crippen LogP contribution in [0.2, 0.25) is 0 Å². The van der Waals surface area contributed by atoms with Gasteiger partial charge >= 0.3 is 17.8 Å². The van der Waals surface area contributed by atoms with Crippen molar-refractivity contribution < 1.29 is 55.1 Å². The molecule has 2 heterocycles. The van der Waals surface area contributed by atoms with Crippen molar-refractivity contribution >= 4 is 69.3 Å². The Kier molecular flexibility index (Phi) is 22.2. The average molecular weight is 977 g/mol. The van der Waals surface area contributed by atoms with Gasteiger partial charge in [0, 0.05) is 25.9 Å². The highest BCUT2D eigenvalue weighted by Gasteiger charge is 2.80. The monoisotopic (exact) mass is 976 g/mol. The van der Waals surface area contributed by atoms with Crippen LogP contribution >= 0.6 is 22.7 Å². The third kappa shape index (κ3) is 15.8. The van der Waals surface area contributed by atoms with Gasteiger partial charge < -0.3 is 32.3 Å². The number of hydrogen-bond donors (Lipinski definition) is 6. The molecule has 2 atom stereocenters. The molecule has 66 heavy (non-hydrogen) atoms. The molecule has 0 radical (unpaired) electrons. The topological polar surface area (TPSA) is 189 Å². The van der Waals surface area contributed by atoms with Gasteiger partial charge in [0.25, 0.3) is 0 Å². The van der Waals surface area contributed by atoms with Gasteiger partial charge in [0.15, 0.2) is 0 Å². The fraction of sp³-hybridized carbons (Fsp3) is 0.652. The van der Waals surface area contributed by atoms with Crippen LogP contribution in [0.5, 0.6) is 0 Å². The molecule has 0 fully saturated rings. The van der Waals surface area contributed by atoms with E-state index < -0.39 is 101 Å². The van der Waals surface area contributed by atoms with Crippen molar-refractivity contribution in [2.24, 2.45) is 5.73 Å². The quantitative estimate of drug-likeness (QED) is 0.0339. The van der Waals surface area contributed by atoms with Gasteiger partial charge in [-0.3, -0.25) is 28.8 Å². The van der Waals surface area contributed by atoms with E-state index in [4.69, 9.17) is 5.73 Å². The molecule has 0 unspecified atom stereocenters. The summed E-state index contributed by atoms with van der Waals surface area (Å²) in [4.78, 5) is 72.5. The van der Waals surface area contributed by atoms with E-state index in [2.05, 4.69) is 33.5 Å². The number of hydrogen-bond acceptors (Lipinski definition) is 8. The predicted molar refractivity (Wildman–Crippen MR) is 246 cm³/mol. The molecular weight excluding hydrogens is 911 g/mol. The first-order valence-electron chi connectivity index (χ1n) is 22.8. The minimum Gasteiger partial charge on any atom is -0.368 e. The first kappa shape index (κ1) is 55.9. The lowest BCUT2D eigenvalue weighted by atomic mass is 10.0. The SMILES string of the molecule is CCCCCCCCCCCCCCCCc1cc(C)c(C2=C(c3sc(CCC(=O)NCC(=O)N[C@@H](C)C(=O)NCC(=O)N[C@@H](C)C(=O)NCC(N)=O)cc3C)C(F)(F)C(F)(F)C2(F)F)s1. The lowest BCUT2D eigenvalue weighted by Gasteiger charge is -2.25. The highest BCUT2D eigenvalue weighted by atomic mass is 32.1. The molecule has 0 bridgehead atoms. The number of carbonyl (C=O) groups is 6. The summed E-state index contributed by atoms with van der Waals surface area (Å²) < 4.78 is 93.1. The number of halogens is 6. The van der Waals surface area contributed by atoms with E-state index in [1.165, 1.54) is 91.5 Å². The van der Waals surface area contributed by atoms with E-state index in [0.717, 1.165) is 43.4 Å². The van der Waals surface area contributed by atoms with Crippen LogP contribution in [0.3, 0.4) is 0 Å². The molecule has 2 aromatic heterocycles. The molecular formula is C46H66F6N6O6S2. The summed E-state index contributed by atoms with van der Waals surface area (Å²) in [6.45, 7) is 6.12. The molecule has 370 valence electrons. The number of carbonyl (C=O) groups excluding carboxylic acids is 6. The number of primary amides is 1. The largest absolute Gasteiger partial charge is 0.380 e. The van der Waals surface area contributed by atoms with Gasteiger partial charge in [-0.1, -0.05) is 90.4 Å². The molecule has 7 N–H and O–H groups in total. The van der Waals surface area contributed by atoms with Crippen LogP contribution in [0.25, 0.3) is 11.1 Å². The number of nitrogens with two attached hydrogens (primary N) is 1. The zero-order chi connectivity index (χ0) is 49.2. The van der Waals surface area contributed by atoms with E-state index in [1.54, 1.807) is 6.07 Å². The van der Waals surface area contributed by atoms with E-state index in [9.17, 15) is 28.8 Å². The van der Waals surface area contributed by atoms with Crippen LogP contribution in [-0.2, 0) is 41.6 Å². The number of rotatable bonds is 30. The third-order valence-electron chi connectivity index (χ3n) is 11.3. The van der Waals surface area contributed by atoms with Gasteiger partial charge in [0.05, 0.1) is 30.8 Å². The first-order valence-corrected chi connectivity index (χ1v) is 24.4. The minimum atomic E-state index is -5.70. The number of thiophene rings is 2. The number of nitrogens with one attached hydrogen (secondary N) is 5. The maximum atomic E-state index is 15.7. The van der Waals surface area contributed by atoms with Crippen LogP contribution in [0.15, 0.2) is 12.1 Å². The maximum Gasteiger partial charge on any atom is 0.380 e. The van der Waals surface area contributed by atoms with E-state index in [-0.39, 0.29) is 28.8 Å². The highest BCUT2D eigenvalue weighted by molar-refractivity contribution is 7.14. The van der Waals surface area contributed by atoms with Crippen molar-refractivity contribution in [1.82, 2.24) is 26.6 Å². The van der Waals surface area contributed by atoms with Crippen LogP contribution in [0, 0.1) is 13.8 Å². The van der Waals surface area contributed by atoms with Gasteiger partial charge in [0.1, 0.15) is 12.1 Å². The molecule has 0 saturated heterocycles. The normalized spacial score (nSPS) is 15.8. The molecule has 0 spiro atoms. The van der Waals surface area contributed by atoms with Gasteiger partial charge in [-0.05, 0) is 70.2 Å². The number of aryl methyl sites for hydroxylation is 4. The smallest absolute Gasteiger partial charge is 0.368 e. The van der Waals surface area contributed by atoms with Crippen molar-refractivity contribution in [3.8, 4) is 0 Å². The van der Waals surface area contributed by atoms with Crippen molar-refractivity contribution in [3.63, 3.8) is 0 Å². The summed E-state index contributed by atoms with van der Waals surface area (Å²) in [5, 5.41) is 11.5. The molecule has 1 aliphatic carbocycles. The minimum absolute atomic E-state index is 0.0669. The molecule has 12 nitrogen and oxygen atoms in total. The molecule has 20 heteroatoms. The molecule has 3 rings (SSSR count). The number of amides is 6. The fourth-order valence-electron chi connectivity index (χ4n) is 7.54. The van der Waals surface area contributed by atoms with Crippen LogP contribution in [0.4, 0.5) is 26.3 Å². The molecule has 2 aromatic rings. The van der Waals surface area contributed by atoms with Crippen LogP contribution < -0.4 is 32.3 Å². The van der Waals surface area contributed by atoms with Crippen molar-refractivity contribution in [2.75, 3.05) is 19.6 Å². The number of allylic oxidation sites excluding steroid dienone is 2. The summed E-state index contributed by atoms with van der Waals surface area (Å²) in [5.41, 5.74) is 2.44. The Morgan fingerprint density at radius 2 is 0.939 bits per heavy atom. The first-order chi connectivity index (χ1) is 31.0. The van der Waals surface area contributed by atoms with Gasteiger partial charge in [-0.2, -0.15) is 26.3 Å². The molecule has 6 amide bonds. The Bertz CT molecular complexity index is 2020. The Morgan fingerprint density at radius 3 is 1.36 bits per heavy atom. The third-order valence-corrected chi connectivity index (χ3v) is 13.9. The summed E-state index contributed by atoms with van der Waals surface area (Å²) in [6, 6.07) is 0.797. The summed E-state index contributed by atoms with van der Waals surface area (Å²) in [7, 11) is 0. The second-order valence-electron chi connectivity index (χ2n) is 17.0. The second-order valence-corrected chi connectivity index (χ2v) is 19.3. The highest BCUT2D eigenvalue weighted by Crippen LogP contribution is 2.66. The fourth-order valence-corrected chi connectivity index (χ4v) is 10.1. The van der Waals surface area contributed by atoms with Gasteiger partial charge in [0.2, 0.25) is 35.4 Å². The lowest BCUT2D eigenvalue weighted by molar-refractivity contribution is -0.254. The molecule has 0 aromatic carbocycles. The zero-order valence-corrected chi connectivity index (χ0v) is 40.2. The number of alkyl halides is 6. The molecule has 0 aliphatic heterocycles. The Labute approximate surface area is 391 Å². The van der Waals surface area contributed by atoms with E-state index in [1.807, 2.05) is 0 Å². The Hall–Kier alpha value is -4.46. The Morgan fingerprint density at radius 1 is 0.561 bits per heavy atom. The average Bonchev–Trinajstić information content (AvgIpc) is 3.83. The number of unbranched alkanes of at least 4 members (excludes halogenated alkanes) is 13. The standard InChI is InChI=1S/C46H66F6N6O6S2/c1-6-7-8-9-10-11-12-13-14-15-16-17-18-19-20-32-23-28(2)40(65-32)38-39(45(49,50)46(51,52)44(38,47)48)41-29(3)24-33(66-41)21-22-35(60)54-26-36(61)57-31(5)43(64)56-27-37(62)58-30(4)42(63)55-25-34(53)59/h23-24,30-31H,6-22,25-27H2,1-5H3,(H2,53,59)(H,54,60)(H,55,63)(H,56,64)(H,57,61)(H,58,62)/t30-,31-/m0/s1. The van der Waals surface area contributed by atoms with Gasteiger partial charge in [-0.25, -0.2) is 0 Å². The summed E-state index contributed by atoms with van der Waals surface area (Å²) in [5.74, 6) is -20.5.